The quantitative estimate of drug-likeness (QED) is 0.494. The van der Waals surface area contributed by atoms with E-state index in [4.69, 9.17) is 9.97 Å². The Morgan fingerprint density at radius 2 is 2.00 bits per heavy atom. The van der Waals surface area contributed by atoms with Crippen LogP contribution in [-0.4, -0.2) is 25.0 Å². The summed E-state index contributed by atoms with van der Waals surface area (Å²) >= 11 is 0. The summed E-state index contributed by atoms with van der Waals surface area (Å²) in [5, 5.41) is 9.93. The second-order valence-electron chi connectivity index (χ2n) is 8.18. The molecule has 30 heavy (non-hydrogen) atoms. The maximum Gasteiger partial charge on any atom is 0.121 e. The zero-order valence-corrected chi connectivity index (χ0v) is 17.2. The van der Waals surface area contributed by atoms with Gasteiger partial charge in [-0.1, -0.05) is 30.3 Å². The number of phenols is 1. The molecule has 1 atom stereocenters. The molecular formula is C25H26N4O. The number of aryl methyl sites for hydroxylation is 2. The number of aromatic hydroxyl groups is 1. The first kappa shape index (κ1) is 18.8. The van der Waals surface area contributed by atoms with E-state index in [1.165, 1.54) is 16.8 Å². The first-order chi connectivity index (χ1) is 14.7. The predicted molar refractivity (Wildman–Crippen MR) is 118 cm³/mol. The van der Waals surface area contributed by atoms with Crippen molar-refractivity contribution in [2.45, 2.75) is 45.3 Å². The Morgan fingerprint density at radius 1 is 1.10 bits per heavy atom. The molecule has 152 valence electrons. The number of aromatic amines is 1. The summed E-state index contributed by atoms with van der Waals surface area (Å²) in [6.07, 6.45) is 5.24. The maximum absolute atomic E-state index is 9.93. The van der Waals surface area contributed by atoms with Crippen molar-refractivity contribution in [1.29, 1.82) is 0 Å². The molecule has 1 unspecified atom stereocenters. The number of phenolic OH excluding ortho intramolecular Hbond substituents is 1. The molecule has 1 aliphatic carbocycles. The molecular weight excluding hydrogens is 372 g/mol. The third kappa shape index (κ3) is 3.68. The minimum absolute atomic E-state index is 0.247. The van der Waals surface area contributed by atoms with Crippen LogP contribution in [0.2, 0.25) is 0 Å². The minimum Gasteiger partial charge on any atom is -0.508 e. The summed E-state index contributed by atoms with van der Waals surface area (Å²) in [4.78, 5) is 15.5. The number of hydrogen-bond acceptors (Lipinski definition) is 4. The summed E-state index contributed by atoms with van der Waals surface area (Å²) in [6.45, 7) is 3.44. The number of nitrogens with one attached hydrogen (secondary N) is 1. The van der Waals surface area contributed by atoms with E-state index in [0.717, 1.165) is 54.8 Å². The number of para-hydroxylation sites is 2. The van der Waals surface area contributed by atoms with E-state index in [2.05, 4.69) is 28.1 Å². The van der Waals surface area contributed by atoms with Crippen molar-refractivity contribution in [2.75, 3.05) is 0 Å². The Hall–Kier alpha value is -3.18. The number of pyridine rings is 1. The van der Waals surface area contributed by atoms with Gasteiger partial charge in [-0.15, -0.1) is 0 Å². The molecule has 1 aliphatic rings. The number of nitrogens with zero attached hydrogens (tertiary/aromatic N) is 3. The molecule has 0 fully saturated rings. The average molecular weight is 399 g/mol. The Kier molecular flexibility index (Phi) is 4.97. The van der Waals surface area contributed by atoms with Gasteiger partial charge in [0.15, 0.2) is 0 Å². The van der Waals surface area contributed by atoms with Gasteiger partial charge in [0.1, 0.15) is 11.6 Å². The highest BCUT2D eigenvalue weighted by Gasteiger charge is 2.28. The number of H-pyrrole nitrogens is 1. The fourth-order valence-corrected chi connectivity index (χ4v) is 4.54. The number of benzene rings is 2. The molecule has 0 aliphatic heterocycles. The average Bonchev–Trinajstić information content (AvgIpc) is 3.18. The summed E-state index contributed by atoms with van der Waals surface area (Å²) in [5.74, 6) is 1.31. The van der Waals surface area contributed by atoms with Crippen molar-refractivity contribution >= 4 is 11.0 Å². The van der Waals surface area contributed by atoms with Gasteiger partial charge >= 0.3 is 0 Å². The third-order valence-electron chi connectivity index (χ3n) is 6.04. The van der Waals surface area contributed by atoms with Gasteiger partial charge in [0.05, 0.1) is 29.3 Å². The van der Waals surface area contributed by atoms with Crippen molar-refractivity contribution in [1.82, 2.24) is 19.9 Å². The van der Waals surface area contributed by atoms with Crippen LogP contribution in [-0.2, 0) is 19.5 Å². The second kappa shape index (κ2) is 7.92. The van der Waals surface area contributed by atoms with Crippen molar-refractivity contribution in [3.05, 3.63) is 89.0 Å². The Balaban J connectivity index is 1.50. The van der Waals surface area contributed by atoms with E-state index >= 15 is 0 Å². The van der Waals surface area contributed by atoms with E-state index in [1.807, 2.05) is 43.5 Å². The van der Waals surface area contributed by atoms with E-state index in [0.29, 0.717) is 5.75 Å². The minimum atomic E-state index is 0.247. The Bertz CT molecular complexity index is 1150. The molecule has 2 N–H and O–H groups in total. The third-order valence-corrected chi connectivity index (χ3v) is 6.04. The molecule has 0 bridgehead atoms. The lowest BCUT2D eigenvalue weighted by molar-refractivity contribution is 0.153. The van der Waals surface area contributed by atoms with Gasteiger partial charge in [-0.3, -0.25) is 9.88 Å². The smallest absolute Gasteiger partial charge is 0.121 e. The first-order valence-electron chi connectivity index (χ1n) is 10.6. The van der Waals surface area contributed by atoms with Gasteiger partial charge in [0, 0.05) is 12.7 Å². The van der Waals surface area contributed by atoms with Crippen LogP contribution in [0.25, 0.3) is 11.0 Å². The molecule has 2 aromatic heterocycles. The highest BCUT2D eigenvalue weighted by molar-refractivity contribution is 5.74. The zero-order chi connectivity index (χ0) is 20.5. The fourth-order valence-electron chi connectivity index (χ4n) is 4.54. The SMILES string of the molecule is Cc1cc(CN(Cc2nc3ccccc3[nH]2)C2CCCc3cccnc32)ccc1O. The number of aromatic nitrogens is 3. The molecule has 0 amide bonds. The lowest BCUT2D eigenvalue weighted by Gasteiger charge is -2.34. The number of fused-ring (bicyclic) bond motifs is 2. The molecule has 0 radical (unpaired) electrons. The van der Waals surface area contributed by atoms with Gasteiger partial charge in [-0.25, -0.2) is 4.98 Å². The van der Waals surface area contributed by atoms with Gasteiger partial charge in [-0.05, 0) is 67.1 Å². The normalized spacial score (nSPS) is 16.1. The Labute approximate surface area is 176 Å². The summed E-state index contributed by atoms with van der Waals surface area (Å²) in [5.41, 5.74) is 6.69. The summed E-state index contributed by atoms with van der Waals surface area (Å²) in [6, 6.07) is 18.5. The molecule has 2 heterocycles. The van der Waals surface area contributed by atoms with Crippen LogP contribution >= 0.6 is 0 Å². The van der Waals surface area contributed by atoms with Gasteiger partial charge in [-0.2, -0.15) is 0 Å². The van der Waals surface area contributed by atoms with Crippen LogP contribution in [0.1, 0.15) is 47.1 Å². The number of rotatable bonds is 5. The number of imidazole rings is 1. The van der Waals surface area contributed by atoms with Gasteiger partial charge in [0.2, 0.25) is 0 Å². The van der Waals surface area contributed by atoms with Crippen LogP contribution in [0.3, 0.4) is 0 Å². The molecule has 0 saturated heterocycles. The highest BCUT2D eigenvalue weighted by Crippen LogP contribution is 2.35. The van der Waals surface area contributed by atoms with E-state index < -0.39 is 0 Å². The number of hydrogen-bond donors (Lipinski definition) is 2. The standard InChI is InChI=1S/C25H26N4O/c1-17-14-18(11-12-23(17)30)15-29(16-24-27-20-8-2-3-9-21(20)28-24)22-10-4-6-19-7-5-13-26-25(19)22/h2-3,5,7-9,11-14,22,30H,4,6,10,15-16H2,1H3,(H,27,28). The van der Waals surface area contributed by atoms with E-state index in [-0.39, 0.29) is 6.04 Å². The molecule has 4 aromatic rings. The lowest BCUT2D eigenvalue weighted by Crippen LogP contribution is -2.31. The van der Waals surface area contributed by atoms with Crippen LogP contribution in [0.4, 0.5) is 0 Å². The molecule has 5 heteroatoms. The first-order valence-corrected chi connectivity index (χ1v) is 10.6. The van der Waals surface area contributed by atoms with Crippen molar-refractivity contribution in [3.8, 4) is 5.75 Å². The molecule has 5 rings (SSSR count). The maximum atomic E-state index is 9.93. The van der Waals surface area contributed by atoms with Crippen molar-refractivity contribution < 1.29 is 5.11 Å². The molecule has 5 nitrogen and oxygen atoms in total. The van der Waals surface area contributed by atoms with Crippen LogP contribution in [0.5, 0.6) is 5.75 Å². The molecule has 2 aromatic carbocycles. The topological polar surface area (TPSA) is 65.0 Å². The summed E-state index contributed by atoms with van der Waals surface area (Å²) < 4.78 is 0. The van der Waals surface area contributed by atoms with Gasteiger partial charge in [0.25, 0.3) is 0 Å². The van der Waals surface area contributed by atoms with Crippen LogP contribution in [0, 0.1) is 6.92 Å². The fraction of sp³-hybridized carbons (Fsp3) is 0.280. The van der Waals surface area contributed by atoms with Gasteiger partial charge < -0.3 is 10.1 Å². The van der Waals surface area contributed by atoms with Crippen LogP contribution in [0.15, 0.2) is 60.8 Å². The van der Waals surface area contributed by atoms with E-state index in [1.54, 1.807) is 6.07 Å². The van der Waals surface area contributed by atoms with Crippen molar-refractivity contribution in [3.63, 3.8) is 0 Å². The van der Waals surface area contributed by atoms with E-state index in [9.17, 15) is 5.11 Å². The highest BCUT2D eigenvalue weighted by atomic mass is 16.3. The largest absolute Gasteiger partial charge is 0.508 e. The predicted octanol–water partition coefficient (Wildman–Crippen LogP) is 5.05. The monoisotopic (exact) mass is 398 g/mol. The Morgan fingerprint density at radius 3 is 2.87 bits per heavy atom. The second-order valence-corrected chi connectivity index (χ2v) is 8.18. The lowest BCUT2D eigenvalue weighted by atomic mass is 9.90. The van der Waals surface area contributed by atoms with Crippen LogP contribution < -0.4 is 0 Å². The molecule has 0 spiro atoms. The molecule has 0 saturated carbocycles. The van der Waals surface area contributed by atoms with Crippen molar-refractivity contribution in [2.24, 2.45) is 0 Å². The zero-order valence-electron chi connectivity index (χ0n) is 17.2. The summed E-state index contributed by atoms with van der Waals surface area (Å²) in [7, 11) is 0.